The van der Waals surface area contributed by atoms with Crippen LogP contribution in [0.25, 0.3) is 21.9 Å². The zero-order chi connectivity index (χ0) is 20.1. The molecular weight excluding hydrogens is 362 g/mol. The lowest BCUT2D eigenvalue weighted by Crippen LogP contribution is -2.21. The summed E-state index contributed by atoms with van der Waals surface area (Å²) in [6.45, 7) is -0.356. The molecular formula is C25H19NO3. The van der Waals surface area contributed by atoms with Gasteiger partial charge in [-0.2, -0.15) is 0 Å². The van der Waals surface area contributed by atoms with Gasteiger partial charge in [0.1, 0.15) is 0 Å². The van der Waals surface area contributed by atoms with Gasteiger partial charge in [0.05, 0.1) is 5.56 Å². The van der Waals surface area contributed by atoms with Crippen molar-refractivity contribution in [3.05, 3.63) is 103 Å². The van der Waals surface area contributed by atoms with Crippen molar-refractivity contribution in [2.24, 2.45) is 0 Å². The van der Waals surface area contributed by atoms with Gasteiger partial charge >= 0.3 is 5.97 Å². The third kappa shape index (κ3) is 4.17. The minimum absolute atomic E-state index is 0.356. The zero-order valence-electron chi connectivity index (χ0n) is 15.7. The van der Waals surface area contributed by atoms with Gasteiger partial charge < -0.3 is 10.1 Å². The van der Waals surface area contributed by atoms with E-state index in [-0.39, 0.29) is 12.5 Å². The van der Waals surface area contributed by atoms with Crippen molar-refractivity contribution in [2.45, 2.75) is 0 Å². The number of carbonyl (C=O) groups is 2. The maximum atomic E-state index is 12.6. The molecule has 4 aromatic carbocycles. The van der Waals surface area contributed by atoms with Crippen LogP contribution in [0.4, 0.5) is 5.69 Å². The quantitative estimate of drug-likeness (QED) is 0.477. The Morgan fingerprint density at radius 1 is 0.724 bits per heavy atom. The highest BCUT2D eigenvalue weighted by Gasteiger charge is 2.15. The Kier molecular flexibility index (Phi) is 5.34. The van der Waals surface area contributed by atoms with Gasteiger partial charge in [-0.15, -0.1) is 0 Å². The number of esters is 1. The summed E-state index contributed by atoms with van der Waals surface area (Å²) in [5.41, 5.74) is 2.80. The fourth-order valence-electron chi connectivity index (χ4n) is 3.26. The Hall–Kier alpha value is -3.92. The van der Waals surface area contributed by atoms with Gasteiger partial charge in [-0.25, -0.2) is 4.79 Å². The van der Waals surface area contributed by atoms with Crippen LogP contribution < -0.4 is 5.32 Å². The molecule has 4 aromatic rings. The predicted molar refractivity (Wildman–Crippen MR) is 115 cm³/mol. The van der Waals surface area contributed by atoms with E-state index in [2.05, 4.69) is 5.32 Å². The standard InChI is InChI=1S/C25H19NO3/c27-24(26-23-16-8-12-19-11-4-5-14-21(19)23)17-29-25(28)22-15-7-6-13-20(22)18-9-2-1-3-10-18/h1-16H,17H2,(H,26,27). The first-order chi connectivity index (χ1) is 14.2. The molecule has 0 unspecified atom stereocenters. The van der Waals surface area contributed by atoms with Crippen LogP contribution in [0.5, 0.6) is 0 Å². The van der Waals surface area contributed by atoms with Gasteiger partial charge in [-0.1, -0.05) is 84.9 Å². The number of ether oxygens (including phenoxy) is 1. The summed E-state index contributed by atoms with van der Waals surface area (Å²) >= 11 is 0. The summed E-state index contributed by atoms with van der Waals surface area (Å²) in [5, 5.41) is 4.78. The molecule has 4 nitrogen and oxygen atoms in total. The third-order valence-electron chi connectivity index (χ3n) is 4.63. The predicted octanol–water partition coefficient (Wildman–Crippen LogP) is 5.30. The number of nitrogens with one attached hydrogen (secondary N) is 1. The molecule has 0 spiro atoms. The summed E-state index contributed by atoms with van der Waals surface area (Å²) in [7, 11) is 0. The highest BCUT2D eigenvalue weighted by atomic mass is 16.5. The number of rotatable bonds is 5. The summed E-state index contributed by atoms with van der Waals surface area (Å²) in [5.74, 6) is -0.913. The van der Waals surface area contributed by atoms with Crippen LogP contribution in [0, 0.1) is 0 Å². The second-order valence-corrected chi connectivity index (χ2v) is 6.56. The van der Waals surface area contributed by atoms with E-state index < -0.39 is 5.97 Å². The van der Waals surface area contributed by atoms with Gasteiger partial charge in [0.15, 0.2) is 6.61 Å². The SMILES string of the molecule is O=C(COC(=O)c1ccccc1-c1ccccc1)Nc1cccc2ccccc12. The average Bonchev–Trinajstić information content (AvgIpc) is 2.78. The van der Waals surface area contributed by atoms with Crippen LogP contribution >= 0.6 is 0 Å². The van der Waals surface area contributed by atoms with Crippen molar-refractivity contribution in [1.82, 2.24) is 0 Å². The number of anilines is 1. The number of amides is 1. The summed E-state index contributed by atoms with van der Waals surface area (Å²) in [4.78, 5) is 25.0. The maximum Gasteiger partial charge on any atom is 0.339 e. The summed E-state index contributed by atoms with van der Waals surface area (Å²) in [6.07, 6.45) is 0. The van der Waals surface area contributed by atoms with Crippen LogP contribution in [0.15, 0.2) is 97.1 Å². The minimum Gasteiger partial charge on any atom is -0.452 e. The van der Waals surface area contributed by atoms with Crippen molar-refractivity contribution >= 4 is 28.3 Å². The van der Waals surface area contributed by atoms with Crippen molar-refractivity contribution < 1.29 is 14.3 Å². The monoisotopic (exact) mass is 381 g/mol. The van der Waals surface area contributed by atoms with Gasteiger partial charge in [-0.05, 0) is 28.6 Å². The Morgan fingerprint density at radius 2 is 1.41 bits per heavy atom. The number of benzene rings is 4. The Morgan fingerprint density at radius 3 is 2.28 bits per heavy atom. The Balaban J connectivity index is 1.46. The van der Waals surface area contributed by atoms with E-state index in [9.17, 15) is 9.59 Å². The molecule has 0 saturated carbocycles. The average molecular weight is 381 g/mol. The minimum atomic E-state index is -0.530. The molecule has 0 aliphatic rings. The molecule has 142 valence electrons. The first-order valence-electron chi connectivity index (χ1n) is 9.31. The number of fused-ring (bicyclic) bond motifs is 1. The van der Waals surface area contributed by atoms with Crippen molar-refractivity contribution in [2.75, 3.05) is 11.9 Å². The highest BCUT2D eigenvalue weighted by Crippen LogP contribution is 2.25. The molecule has 1 N–H and O–H groups in total. The lowest BCUT2D eigenvalue weighted by atomic mass is 10.00. The normalized spacial score (nSPS) is 10.5. The summed E-state index contributed by atoms with van der Waals surface area (Å²) < 4.78 is 5.29. The third-order valence-corrected chi connectivity index (χ3v) is 4.63. The molecule has 0 heterocycles. The molecule has 0 fully saturated rings. The van der Waals surface area contributed by atoms with Crippen LogP contribution in [0.3, 0.4) is 0 Å². The van der Waals surface area contributed by atoms with E-state index >= 15 is 0 Å². The molecule has 29 heavy (non-hydrogen) atoms. The van der Waals surface area contributed by atoms with E-state index in [4.69, 9.17) is 4.74 Å². The molecule has 1 amide bonds. The van der Waals surface area contributed by atoms with E-state index in [1.807, 2.05) is 84.9 Å². The fourth-order valence-corrected chi connectivity index (χ4v) is 3.26. The van der Waals surface area contributed by atoms with Crippen molar-refractivity contribution in [3.63, 3.8) is 0 Å². The van der Waals surface area contributed by atoms with E-state index in [1.165, 1.54) is 0 Å². The maximum absolute atomic E-state index is 12.6. The van der Waals surface area contributed by atoms with Crippen LogP contribution in [0.2, 0.25) is 0 Å². The number of carbonyl (C=O) groups excluding carboxylic acids is 2. The number of hydrogen-bond acceptors (Lipinski definition) is 3. The molecule has 4 rings (SSSR count). The topological polar surface area (TPSA) is 55.4 Å². The largest absolute Gasteiger partial charge is 0.452 e. The molecule has 0 bridgehead atoms. The van der Waals surface area contributed by atoms with Crippen LogP contribution in [0.1, 0.15) is 10.4 Å². The Bertz CT molecular complexity index is 1160. The van der Waals surface area contributed by atoms with Gasteiger partial charge in [0.2, 0.25) is 0 Å². The van der Waals surface area contributed by atoms with Gasteiger partial charge in [-0.3, -0.25) is 4.79 Å². The molecule has 0 saturated heterocycles. The first kappa shape index (κ1) is 18.4. The Labute approximate surface area is 168 Å². The molecule has 4 heteroatoms. The lowest BCUT2D eigenvalue weighted by Gasteiger charge is -2.11. The van der Waals surface area contributed by atoms with Gasteiger partial charge in [0.25, 0.3) is 5.91 Å². The van der Waals surface area contributed by atoms with E-state index in [0.717, 1.165) is 21.9 Å². The van der Waals surface area contributed by atoms with E-state index in [1.54, 1.807) is 12.1 Å². The second kappa shape index (κ2) is 8.40. The molecule has 0 aliphatic carbocycles. The van der Waals surface area contributed by atoms with E-state index in [0.29, 0.717) is 11.3 Å². The zero-order valence-corrected chi connectivity index (χ0v) is 15.7. The number of hydrogen-bond donors (Lipinski definition) is 1. The van der Waals surface area contributed by atoms with Crippen LogP contribution in [-0.2, 0) is 9.53 Å². The molecule has 0 aromatic heterocycles. The molecule has 0 atom stereocenters. The fraction of sp³-hybridized carbons (Fsp3) is 0.0400. The molecule has 0 radical (unpaired) electrons. The smallest absolute Gasteiger partial charge is 0.339 e. The van der Waals surface area contributed by atoms with Gasteiger partial charge in [0, 0.05) is 11.1 Å². The first-order valence-corrected chi connectivity index (χ1v) is 9.31. The molecule has 0 aliphatic heterocycles. The highest BCUT2D eigenvalue weighted by molar-refractivity contribution is 6.04. The summed E-state index contributed by atoms with van der Waals surface area (Å²) in [6, 6.07) is 30.3. The van der Waals surface area contributed by atoms with Crippen LogP contribution in [-0.4, -0.2) is 18.5 Å². The second-order valence-electron chi connectivity index (χ2n) is 6.56. The lowest BCUT2D eigenvalue weighted by molar-refractivity contribution is -0.119. The van der Waals surface area contributed by atoms with Crippen molar-refractivity contribution in [3.8, 4) is 11.1 Å². The van der Waals surface area contributed by atoms with Crippen molar-refractivity contribution in [1.29, 1.82) is 0 Å².